The fourth-order valence-corrected chi connectivity index (χ4v) is 2.41. The van der Waals surface area contributed by atoms with E-state index in [1.807, 2.05) is 0 Å². The lowest BCUT2D eigenvalue weighted by Gasteiger charge is -2.31. The van der Waals surface area contributed by atoms with Crippen molar-refractivity contribution in [1.29, 1.82) is 0 Å². The number of carbonyl (C=O) groups excluding carboxylic acids is 1. The van der Waals surface area contributed by atoms with Gasteiger partial charge in [-0.25, -0.2) is 9.78 Å². The van der Waals surface area contributed by atoms with Crippen LogP contribution >= 0.6 is 0 Å². The molecule has 0 unspecified atom stereocenters. The summed E-state index contributed by atoms with van der Waals surface area (Å²) in [6.45, 7) is 1.80. The number of carboxylic acids is 1. The van der Waals surface area contributed by atoms with E-state index in [1.54, 1.807) is 30.2 Å². The third-order valence-corrected chi connectivity index (χ3v) is 3.36. The lowest BCUT2D eigenvalue weighted by Crippen LogP contribution is -2.37. The van der Waals surface area contributed by atoms with Gasteiger partial charge in [0.15, 0.2) is 5.78 Å². The van der Waals surface area contributed by atoms with Crippen molar-refractivity contribution in [3.63, 3.8) is 0 Å². The van der Waals surface area contributed by atoms with Crippen LogP contribution in [0, 0.1) is 0 Å². The van der Waals surface area contributed by atoms with Crippen molar-refractivity contribution in [3.05, 3.63) is 48.0 Å². The number of rotatable bonds is 2. The highest BCUT2D eigenvalue weighted by molar-refractivity contribution is 6.04. The van der Waals surface area contributed by atoms with Gasteiger partial charge in [0.05, 0.1) is 17.5 Å². The van der Waals surface area contributed by atoms with Crippen molar-refractivity contribution >= 4 is 11.8 Å². The first kappa shape index (κ1) is 12.4. The lowest BCUT2D eigenvalue weighted by molar-refractivity contribution is 0.0696. The number of hydrogen-bond donors (Lipinski definition) is 1. The first-order chi connectivity index (χ1) is 9.58. The Hall–Kier alpha value is -2.63. The molecular weight excluding hydrogens is 260 g/mol. The number of imidazole rings is 1. The summed E-state index contributed by atoms with van der Waals surface area (Å²) >= 11 is 0. The number of nitrogens with zero attached hydrogens (tertiary/aromatic N) is 2. The number of hydrogen-bond acceptors (Lipinski definition) is 4. The number of benzene rings is 1. The minimum absolute atomic E-state index is 0.0691. The molecule has 102 valence electrons. The van der Waals surface area contributed by atoms with Gasteiger partial charge < -0.3 is 14.4 Å². The Morgan fingerprint density at radius 3 is 2.90 bits per heavy atom. The Kier molecular flexibility index (Phi) is 2.78. The molecule has 2 heterocycles. The zero-order valence-electron chi connectivity index (χ0n) is 10.7. The summed E-state index contributed by atoms with van der Waals surface area (Å²) in [7, 11) is 0. The summed E-state index contributed by atoms with van der Waals surface area (Å²) in [4.78, 5) is 27.5. The summed E-state index contributed by atoms with van der Waals surface area (Å²) in [5.41, 5.74) is 0.362. The van der Waals surface area contributed by atoms with Crippen LogP contribution in [-0.4, -0.2) is 32.5 Å². The molecule has 0 saturated carbocycles. The monoisotopic (exact) mass is 272 g/mol. The molecule has 0 saturated heterocycles. The van der Waals surface area contributed by atoms with Gasteiger partial charge in [0.2, 0.25) is 0 Å². The molecule has 6 heteroatoms. The minimum atomic E-state index is -1.07. The van der Waals surface area contributed by atoms with Gasteiger partial charge in [-0.2, -0.15) is 0 Å². The molecule has 0 fully saturated rings. The number of ketones is 1. The summed E-state index contributed by atoms with van der Waals surface area (Å²) in [5.74, 6) is -0.817. The third-order valence-electron chi connectivity index (χ3n) is 3.36. The molecule has 2 atom stereocenters. The van der Waals surface area contributed by atoms with Crippen molar-refractivity contribution in [2.24, 2.45) is 0 Å². The molecule has 0 amide bonds. The van der Waals surface area contributed by atoms with Crippen molar-refractivity contribution in [3.8, 4) is 5.75 Å². The number of carbonyl (C=O) groups is 2. The van der Waals surface area contributed by atoms with E-state index in [-0.39, 0.29) is 17.5 Å². The largest absolute Gasteiger partial charge is 0.487 e. The molecule has 1 aliphatic rings. The van der Waals surface area contributed by atoms with Crippen molar-refractivity contribution in [1.82, 2.24) is 9.55 Å². The normalized spacial score (nSPS) is 21.1. The SMILES string of the molecule is C[C@@H]1Oc2ccc(C(=O)O)cc2C(=O)[C@H]1n1ccnc1. The Balaban J connectivity index is 2.07. The van der Waals surface area contributed by atoms with Crippen molar-refractivity contribution in [2.75, 3.05) is 0 Å². The Morgan fingerprint density at radius 2 is 2.25 bits per heavy atom. The van der Waals surface area contributed by atoms with E-state index < -0.39 is 12.0 Å². The smallest absolute Gasteiger partial charge is 0.335 e. The first-order valence-corrected chi connectivity index (χ1v) is 6.13. The molecule has 0 bridgehead atoms. The van der Waals surface area contributed by atoms with Crippen molar-refractivity contribution < 1.29 is 19.4 Å². The van der Waals surface area contributed by atoms with Crippen LogP contribution in [0.5, 0.6) is 5.75 Å². The maximum absolute atomic E-state index is 12.6. The van der Waals surface area contributed by atoms with Crippen LogP contribution in [0.3, 0.4) is 0 Å². The lowest BCUT2D eigenvalue weighted by atomic mass is 9.94. The van der Waals surface area contributed by atoms with Gasteiger partial charge in [0, 0.05) is 12.4 Å². The fraction of sp³-hybridized carbons (Fsp3) is 0.214. The molecule has 0 radical (unpaired) electrons. The standard InChI is InChI=1S/C14H12N2O4/c1-8-12(16-5-4-15-7-16)13(17)10-6-9(14(18)19)2-3-11(10)20-8/h2-8,12H,1H3,(H,18,19)/t8-,12-/m0/s1. The van der Waals surface area contributed by atoms with E-state index in [4.69, 9.17) is 9.84 Å². The second-order valence-corrected chi connectivity index (χ2v) is 4.66. The van der Waals surface area contributed by atoms with Crippen LogP contribution in [0.1, 0.15) is 33.7 Å². The van der Waals surface area contributed by atoms with Gasteiger partial charge in [0.1, 0.15) is 17.9 Å². The second kappa shape index (κ2) is 4.48. The molecule has 3 rings (SSSR count). The van der Waals surface area contributed by atoms with Crippen LogP contribution in [-0.2, 0) is 0 Å². The van der Waals surface area contributed by atoms with Crippen LogP contribution in [0.2, 0.25) is 0 Å². The molecule has 1 N–H and O–H groups in total. The Labute approximate surface area is 114 Å². The topological polar surface area (TPSA) is 81.4 Å². The molecule has 6 nitrogen and oxygen atoms in total. The molecule has 0 spiro atoms. The van der Waals surface area contributed by atoms with Gasteiger partial charge in [-0.1, -0.05) is 0 Å². The van der Waals surface area contributed by atoms with Crippen LogP contribution in [0.4, 0.5) is 0 Å². The average molecular weight is 272 g/mol. The highest BCUT2D eigenvalue weighted by Gasteiger charge is 2.36. The van der Waals surface area contributed by atoms with E-state index in [1.165, 1.54) is 18.2 Å². The quantitative estimate of drug-likeness (QED) is 0.901. The van der Waals surface area contributed by atoms with Crippen LogP contribution < -0.4 is 4.74 Å². The second-order valence-electron chi connectivity index (χ2n) is 4.66. The van der Waals surface area contributed by atoms with Gasteiger partial charge in [-0.3, -0.25) is 4.79 Å². The Bertz CT molecular complexity index is 678. The van der Waals surface area contributed by atoms with Crippen molar-refractivity contribution in [2.45, 2.75) is 19.1 Å². The number of aromatic carboxylic acids is 1. The summed E-state index contributed by atoms with van der Waals surface area (Å²) < 4.78 is 7.38. The molecular formula is C14H12N2O4. The zero-order valence-corrected chi connectivity index (χ0v) is 10.7. The third kappa shape index (κ3) is 1.85. The number of aromatic nitrogens is 2. The van der Waals surface area contributed by atoms with Gasteiger partial charge in [0.25, 0.3) is 0 Å². The molecule has 20 heavy (non-hydrogen) atoms. The molecule has 1 aromatic heterocycles. The van der Waals surface area contributed by atoms with E-state index in [0.717, 1.165) is 0 Å². The molecule has 0 aliphatic carbocycles. The number of fused-ring (bicyclic) bond motifs is 1. The van der Waals surface area contributed by atoms with E-state index in [9.17, 15) is 9.59 Å². The zero-order chi connectivity index (χ0) is 14.3. The van der Waals surface area contributed by atoms with Crippen LogP contribution in [0.25, 0.3) is 0 Å². The molecule has 1 aliphatic heterocycles. The number of ether oxygens (including phenoxy) is 1. The number of carboxylic acid groups (broad SMARTS) is 1. The maximum atomic E-state index is 12.6. The fourth-order valence-electron chi connectivity index (χ4n) is 2.41. The van der Waals surface area contributed by atoms with Gasteiger partial charge in [-0.05, 0) is 25.1 Å². The van der Waals surface area contributed by atoms with Crippen LogP contribution in [0.15, 0.2) is 36.9 Å². The van der Waals surface area contributed by atoms with Gasteiger partial charge in [-0.15, -0.1) is 0 Å². The van der Waals surface area contributed by atoms with E-state index >= 15 is 0 Å². The molecule has 2 aromatic rings. The van der Waals surface area contributed by atoms with E-state index in [0.29, 0.717) is 11.3 Å². The van der Waals surface area contributed by atoms with Gasteiger partial charge >= 0.3 is 5.97 Å². The first-order valence-electron chi connectivity index (χ1n) is 6.13. The molecule has 1 aromatic carbocycles. The summed E-state index contributed by atoms with van der Waals surface area (Å²) in [5, 5.41) is 9.01. The highest BCUT2D eigenvalue weighted by atomic mass is 16.5. The summed E-state index contributed by atoms with van der Waals surface area (Å²) in [6, 6.07) is 3.78. The van der Waals surface area contributed by atoms with E-state index in [2.05, 4.69) is 4.98 Å². The maximum Gasteiger partial charge on any atom is 0.335 e. The highest BCUT2D eigenvalue weighted by Crippen LogP contribution is 2.33. The average Bonchev–Trinajstić information content (AvgIpc) is 2.92. The number of Topliss-reactive ketones (excluding diaryl/α,β-unsaturated/α-hetero) is 1. The predicted molar refractivity (Wildman–Crippen MR) is 69.1 cm³/mol. The Morgan fingerprint density at radius 1 is 1.45 bits per heavy atom. The summed E-state index contributed by atoms with van der Waals surface area (Å²) in [6.07, 6.45) is 4.48. The predicted octanol–water partition coefficient (Wildman–Crippen LogP) is 1.79. The minimum Gasteiger partial charge on any atom is -0.487 e.